The van der Waals surface area contributed by atoms with Gasteiger partial charge in [-0.05, 0) is 31.2 Å². The number of benzene rings is 1. The SMILES string of the molecule is CCOc1ncccc1C(=O)OCc1csc(-c2cccc(OC)c2)n1. The number of nitrogens with zero attached hydrogens (tertiary/aromatic N) is 2. The highest BCUT2D eigenvalue weighted by atomic mass is 32.1. The zero-order valence-corrected chi connectivity index (χ0v) is 15.3. The van der Waals surface area contributed by atoms with Crippen LogP contribution in [0.4, 0.5) is 0 Å². The standard InChI is InChI=1S/C19H18N2O4S/c1-3-24-17-16(8-5-9-20-17)19(22)25-11-14-12-26-18(21-14)13-6-4-7-15(10-13)23-2/h4-10,12H,3,11H2,1-2H3. The van der Waals surface area contributed by atoms with Gasteiger partial charge in [0.25, 0.3) is 0 Å². The number of rotatable bonds is 7. The van der Waals surface area contributed by atoms with Crippen LogP contribution in [0.1, 0.15) is 23.0 Å². The number of hydrogen-bond acceptors (Lipinski definition) is 7. The van der Waals surface area contributed by atoms with E-state index < -0.39 is 5.97 Å². The van der Waals surface area contributed by atoms with Gasteiger partial charge in [0.1, 0.15) is 22.9 Å². The number of esters is 1. The van der Waals surface area contributed by atoms with Gasteiger partial charge in [-0.1, -0.05) is 12.1 Å². The summed E-state index contributed by atoms with van der Waals surface area (Å²) >= 11 is 1.49. The van der Waals surface area contributed by atoms with Crippen molar-refractivity contribution in [3.63, 3.8) is 0 Å². The molecule has 6 nitrogen and oxygen atoms in total. The Morgan fingerprint density at radius 3 is 2.92 bits per heavy atom. The minimum absolute atomic E-state index is 0.0831. The highest BCUT2D eigenvalue weighted by Crippen LogP contribution is 2.27. The summed E-state index contributed by atoms with van der Waals surface area (Å²) in [6, 6.07) is 11.0. The van der Waals surface area contributed by atoms with E-state index in [1.807, 2.05) is 36.6 Å². The molecule has 3 aromatic rings. The second-order valence-corrected chi connectivity index (χ2v) is 6.10. The van der Waals surface area contributed by atoms with Crippen LogP contribution in [-0.4, -0.2) is 29.7 Å². The smallest absolute Gasteiger partial charge is 0.344 e. The van der Waals surface area contributed by atoms with Gasteiger partial charge in [0, 0.05) is 17.1 Å². The summed E-state index contributed by atoms with van der Waals surface area (Å²) in [6.45, 7) is 2.34. The molecule has 0 saturated carbocycles. The summed E-state index contributed by atoms with van der Waals surface area (Å²) in [5.74, 6) is 0.554. The van der Waals surface area contributed by atoms with Gasteiger partial charge in [0.15, 0.2) is 0 Å². The van der Waals surface area contributed by atoms with Crippen LogP contribution in [0.25, 0.3) is 10.6 Å². The maximum absolute atomic E-state index is 12.3. The molecular weight excluding hydrogens is 352 g/mol. The number of thiazole rings is 1. The van der Waals surface area contributed by atoms with Crippen LogP contribution < -0.4 is 9.47 Å². The predicted octanol–water partition coefficient (Wildman–Crippen LogP) is 3.97. The molecule has 0 aliphatic rings. The molecule has 3 rings (SSSR count). The van der Waals surface area contributed by atoms with Crippen molar-refractivity contribution in [2.24, 2.45) is 0 Å². The quantitative estimate of drug-likeness (QED) is 0.586. The summed E-state index contributed by atoms with van der Waals surface area (Å²) in [6.07, 6.45) is 1.57. The van der Waals surface area contributed by atoms with Crippen molar-refractivity contribution < 1.29 is 19.0 Å². The summed E-state index contributed by atoms with van der Waals surface area (Å²) < 4.78 is 15.9. The molecule has 1 aromatic carbocycles. The van der Waals surface area contributed by atoms with Crippen molar-refractivity contribution >= 4 is 17.3 Å². The number of methoxy groups -OCH3 is 1. The molecule has 0 amide bonds. The van der Waals surface area contributed by atoms with Crippen LogP contribution in [0.15, 0.2) is 48.0 Å². The molecule has 26 heavy (non-hydrogen) atoms. The molecule has 0 fully saturated rings. The van der Waals surface area contributed by atoms with E-state index in [9.17, 15) is 4.79 Å². The molecule has 2 aromatic heterocycles. The Morgan fingerprint density at radius 2 is 2.12 bits per heavy atom. The van der Waals surface area contributed by atoms with Gasteiger partial charge in [0.05, 0.1) is 19.4 Å². The average Bonchev–Trinajstić information content (AvgIpc) is 3.16. The normalized spacial score (nSPS) is 10.4. The third-order valence-electron chi connectivity index (χ3n) is 3.49. The Labute approximate surface area is 155 Å². The highest BCUT2D eigenvalue weighted by Gasteiger charge is 2.16. The van der Waals surface area contributed by atoms with Crippen LogP contribution >= 0.6 is 11.3 Å². The lowest BCUT2D eigenvalue weighted by atomic mass is 10.2. The molecule has 134 valence electrons. The minimum atomic E-state index is -0.488. The Kier molecular flexibility index (Phi) is 5.80. The molecule has 0 aliphatic carbocycles. The van der Waals surface area contributed by atoms with Crippen molar-refractivity contribution in [3.8, 4) is 22.2 Å². The highest BCUT2D eigenvalue weighted by molar-refractivity contribution is 7.13. The molecule has 2 heterocycles. The van der Waals surface area contributed by atoms with Gasteiger partial charge >= 0.3 is 5.97 Å². The van der Waals surface area contributed by atoms with E-state index in [4.69, 9.17) is 14.2 Å². The van der Waals surface area contributed by atoms with Crippen molar-refractivity contribution in [1.82, 2.24) is 9.97 Å². The number of aromatic nitrogens is 2. The third kappa shape index (κ3) is 4.18. The molecule has 0 radical (unpaired) electrons. The first-order chi connectivity index (χ1) is 12.7. The van der Waals surface area contributed by atoms with E-state index in [-0.39, 0.29) is 12.5 Å². The third-order valence-corrected chi connectivity index (χ3v) is 4.43. The van der Waals surface area contributed by atoms with E-state index in [0.717, 1.165) is 16.3 Å². The predicted molar refractivity (Wildman–Crippen MR) is 98.6 cm³/mol. The van der Waals surface area contributed by atoms with E-state index in [2.05, 4.69) is 9.97 Å². The number of pyridine rings is 1. The number of carbonyl (C=O) groups is 1. The van der Waals surface area contributed by atoms with E-state index in [1.165, 1.54) is 11.3 Å². The second-order valence-electron chi connectivity index (χ2n) is 5.24. The van der Waals surface area contributed by atoms with Crippen molar-refractivity contribution in [3.05, 3.63) is 59.2 Å². The maximum atomic E-state index is 12.3. The molecule has 0 N–H and O–H groups in total. The Hall–Kier alpha value is -2.93. The number of carbonyl (C=O) groups excluding carboxylic acids is 1. The summed E-state index contributed by atoms with van der Waals surface area (Å²) in [4.78, 5) is 20.9. The van der Waals surface area contributed by atoms with Crippen LogP contribution in [0.5, 0.6) is 11.6 Å². The van der Waals surface area contributed by atoms with E-state index >= 15 is 0 Å². The Bertz CT molecular complexity index is 895. The van der Waals surface area contributed by atoms with Crippen molar-refractivity contribution in [1.29, 1.82) is 0 Å². The summed E-state index contributed by atoms with van der Waals surface area (Å²) in [7, 11) is 1.63. The lowest BCUT2D eigenvalue weighted by molar-refractivity contribution is 0.0463. The maximum Gasteiger partial charge on any atom is 0.344 e. The first-order valence-electron chi connectivity index (χ1n) is 8.05. The number of hydrogen-bond donors (Lipinski definition) is 0. The number of ether oxygens (including phenoxy) is 3. The van der Waals surface area contributed by atoms with Crippen LogP contribution in [0, 0.1) is 0 Å². The molecule has 0 aliphatic heterocycles. The first kappa shape index (κ1) is 17.9. The van der Waals surface area contributed by atoms with Crippen LogP contribution in [0.2, 0.25) is 0 Å². The molecule has 0 saturated heterocycles. The van der Waals surface area contributed by atoms with E-state index in [1.54, 1.807) is 25.4 Å². The fourth-order valence-corrected chi connectivity index (χ4v) is 3.08. The first-order valence-corrected chi connectivity index (χ1v) is 8.93. The molecule has 0 atom stereocenters. The zero-order valence-electron chi connectivity index (χ0n) is 14.5. The van der Waals surface area contributed by atoms with Crippen molar-refractivity contribution in [2.75, 3.05) is 13.7 Å². The molecule has 0 spiro atoms. The average molecular weight is 370 g/mol. The Morgan fingerprint density at radius 1 is 1.23 bits per heavy atom. The second kappa shape index (κ2) is 8.44. The largest absolute Gasteiger partial charge is 0.497 e. The summed E-state index contributed by atoms with van der Waals surface area (Å²) in [5.41, 5.74) is 1.94. The summed E-state index contributed by atoms with van der Waals surface area (Å²) in [5, 5.41) is 2.71. The van der Waals surface area contributed by atoms with E-state index in [0.29, 0.717) is 17.9 Å². The van der Waals surface area contributed by atoms with Gasteiger partial charge in [-0.3, -0.25) is 0 Å². The molecule has 7 heteroatoms. The molecular formula is C19H18N2O4S. The van der Waals surface area contributed by atoms with Gasteiger partial charge in [0.2, 0.25) is 5.88 Å². The van der Waals surface area contributed by atoms with Gasteiger partial charge in [-0.2, -0.15) is 0 Å². The minimum Gasteiger partial charge on any atom is -0.497 e. The van der Waals surface area contributed by atoms with Gasteiger partial charge in [-0.15, -0.1) is 11.3 Å². The molecule has 0 unspecified atom stereocenters. The fourth-order valence-electron chi connectivity index (χ4n) is 2.28. The monoisotopic (exact) mass is 370 g/mol. The van der Waals surface area contributed by atoms with Gasteiger partial charge in [-0.25, -0.2) is 14.8 Å². The van der Waals surface area contributed by atoms with Crippen LogP contribution in [-0.2, 0) is 11.3 Å². The topological polar surface area (TPSA) is 70.5 Å². The lowest BCUT2D eigenvalue weighted by Gasteiger charge is -2.08. The lowest BCUT2D eigenvalue weighted by Crippen LogP contribution is -2.09. The van der Waals surface area contributed by atoms with Crippen molar-refractivity contribution in [2.45, 2.75) is 13.5 Å². The zero-order chi connectivity index (χ0) is 18.4. The molecule has 0 bridgehead atoms. The van der Waals surface area contributed by atoms with Crippen LogP contribution in [0.3, 0.4) is 0 Å². The Balaban J connectivity index is 1.67. The van der Waals surface area contributed by atoms with Gasteiger partial charge < -0.3 is 14.2 Å². The fraction of sp³-hybridized carbons (Fsp3) is 0.211.